The molecule has 0 aromatic heterocycles. The first-order chi connectivity index (χ1) is 12.6. The second-order valence-corrected chi connectivity index (χ2v) is 8.89. The van der Waals surface area contributed by atoms with Gasteiger partial charge in [0.2, 0.25) is 0 Å². The highest BCUT2D eigenvalue weighted by Crippen LogP contribution is 2.32. The molecule has 5 nitrogen and oxygen atoms in total. The molecule has 0 aliphatic carbocycles. The van der Waals surface area contributed by atoms with Gasteiger partial charge in [-0.05, 0) is 73.5 Å². The Morgan fingerprint density at radius 1 is 1.11 bits per heavy atom. The fourth-order valence-electron chi connectivity index (χ4n) is 2.39. The molecule has 0 atom stereocenters. The minimum absolute atomic E-state index is 0.170. The van der Waals surface area contributed by atoms with Crippen LogP contribution < -0.4 is 15.4 Å². The van der Waals surface area contributed by atoms with E-state index in [9.17, 15) is 9.59 Å². The predicted octanol–water partition coefficient (Wildman–Crippen LogP) is 5.07. The molecule has 0 unspecified atom stereocenters. The van der Waals surface area contributed by atoms with Gasteiger partial charge in [0.25, 0.3) is 11.8 Å². The summed E-state index contributed by atoms with van der Waals surface area (Å²) >= 11 is 6.84. The van der Waals surface area contributed by atoms with E-state index >= 15 is 0 Å². The number of aryl methyl sites for hydroxylation is 1. The van der Waals surface area contributed by atoms with E-state index < -0.39 is 0 Å². The second kappa shape index (κ2) is 8.89. The number of carbonyl (C=O) groups excluding carboxylic acids is 2. The summed E-state index contributed by atoms with van der Waals surface area (Å²) in [6.45, 7) is 7.43. The highest BCUT2D eigenvalue weighted by Gasteiger charge is 2.19. The Morgan fingerprint density at radius 2 is 1.78 bits per heavy atom. The van der Waals surface area contributed by atoms with Gasteiger partial charge in [-0.25, -0.2) is 0 Å². The van der Waals surface area contributed by atoms with Crippen LogP contribution in [-0.2, 0) is 4.79 Å². The summed E-state index contributed by atoms with van der Waals surface area (Å²) in [5, 5.41) is 5.64. The molecule has 2 aromatic carbocycles. The molecule has 7 heteroatoms. The average Bonchev–Trinajstić information content (AvgIpc) is 2.52. The van der Waals surface area contributed by atoms with Gasteiger partial charge >= 0.3 is 0 Å². The van der Waals surface area contributed by atoms with E-state index in [1.165, 1.54) is 0 Å². The van der Waals surface area contributed by atoms with Crippen LogP contribution in [0.3, 0.4) is 0 Å². The zero-order valence-corrected chi connectivity index (χ0v) is 18.8. The summed E-state index contributed by atoms with van der Waals surface area (Å²) in [6, 6.07) is 10.6. The number of halogens is 2. The van der Waals surface area contributed by atoms with Crippen molar-refractivity contribution in [2.24, 2.45) is 0 Å². The van der Waals surface area contributed by atoms with Crippen molar-refractivity contribution in [3.8, 4) is 5.75 Å². The predicted molar refractivity (Wildman–Crippen MR) is 114 cm³/mol. The molecule has 27 heavy (non-hydrogen) atoms. The highest BCUT2D eigenvalue weighted by atomic mass is 79.9. The summed E-state index contributed by atoms with van der Waals surface area (Å²) in [4.78, 5) is 24.8. The van der Waals surface area contributed by atoms with Gasteiger partial charge < -0.3 is 15.4 Å². The first kappa shape index (κ1) is 21.4. The van der Waals surface area contributed by atoms with Gasteiger partial charge in [-0.3, -0.25) is 9.59 Å². The Hall–Kier alpha value is -1.86. The van der Waals surface area contributed by atoms with Crippen LogP contribution >= 0.6 is 31.9 Å². The molecule has 0 aliphatic heterocycles. The van der Waals surface area contributed by atoms with Crippen molar-refractivity contribution in [1.29, 1.82) is 0 Å². The van der Waals surface area contributed by atoms with Gasteiger partial charge in [0.05, 0.1) is 15.7 Å². The van der Waals surface area contributed by atoms with Crippen molar-refractivity contribution in [1.82, 2.24) is 5.32 Å². The van der Waals surface area contributed by atoms with Crippen molar-refractivity contribution < 1.29 is 14.3 Å². The van der Waals surface area contributed by atoms with Crippen molar-refractivity contribution in [2.45, 2.75) is 33.2 Å². The van der Waals surface area contributed by atoms with E-state index in [2.05, 4.69) is 42.5 Å². The molecule has 0 heterocycles. The molecule has 144 valence electrons. The molecule has 0 saturated carbocycles. The minimum Gasteiger partial charge on any atom is -0.482 e. The molecule has 0 saturated heterocycles. The Balaban J connectivity index is 2.08. The molecule has 0 fully saturated rings. The zero-order chi connectivity index (χ0) is 20.2. The highest BCUT2D eigenvalue weighted by molar-refractivity contribution is 9.11. The maximum Gasteiger partial charge on any atom is 0.262 e. The number of carbonyl (C=O) groups is 2. The summed E-state index contributed by atoms with van der Waals surface area (Å²) < 4.78 is 7.33. The number of hydrogen-bond donors (Lipinski definition) is 2. The number of hydrogen-bond acceptors (Lipinski definition) is 3. The zero-order valence-electron chi connectivity index (χ0n) is 15.7. The first-order valence-electron chi connectivity index (χ1n) is 8.36. The van der Waals surface area contributed by atoms with Gasteiger partial charge in [0, 0.05) is 10.0 Å². The molecule has 2 N–H and O–H groups in total. The lowest BCUT2D eigenvalue weighted by molar-refractivity contribution is -0.118. The smallest absolute Gasteiger partial charge is 0.262 e. The van der Waals surface area contributed by atoms with E-state index in [1.54, 1.807) is 24.3 Å². The molecule has 2 amide bonds. The second-order valence-electron chi connectivity index (χ2n) is 7.12. The number of benzene rings is 2. The number of amides is 2. The maximum atomic E-state index is 12.5. The number of nitrogens with one attached hydrogen (secondary N) is 2. The van der Waals surface area contributed by atoms with E-state index in [-0.39, 0.29) is 24.0 Å². The van der Waals surface area contributed by atoms with Gasteiger partial charge in [0.1, 0.15) is 5.75 Å². The van der Waals surface area contributed by atoms with E-state index in [4.69, 9.17) is 4.74 Å². The van der Waals surface area contributed by atoms with Crippen LogP contribution in [0.25, 0.3) is 0 Å². The molecule has 2 aromatic rings. The molecule has 0 aliphatic rings. The number of rotatable bonds is 5. The summed E-state index contributed by atoms with van der Waals surface area (Å²) in [5.74, 6) is 0.0122. The summed E-state index contributed by atoms with van der Waals surface area (Å²) in [7, 11) is 0. The quantitative estimate of drug-likeness (QED) is 0.606. The van der Waals surface area contributed by atoms with Crippen LogP contribution in [0.2, 0.25) is 0 Å². The first-order valence-corrected chi connectivity index (χ1v) is 9.95. The molecule has 0 spiro atoms. The molecular weight excluding hydrogens is 476 g/mol. The van der Waals surface area contributed by atoms with Crippen molar-refractivity contribution in [3.63, 3.8) is 0 Å². The fourth-order valence-corrected chi connectivity index (χ4v) is 3.95. The van der Waals surface area contributed by atoms with Crippen LogP contribution in [0.1, 0.15) is 36.7 Å². The topological polar surface area (TPSA) is 67.4 Å². The van der Waals surface area contributed by atoms with Gasteiger partial charge in [-0.15, -0.1) is 0 Å². The lowest BCUT2D eigenvalue weighted by Gasteiger charge is -2.21. The van der Waals surface area contributed by atoms with Crippen LogP contribution in [-0.4, -0.2) is 24.0 Å². The van der Waals surface area contributed by atoms with E-state index in [0.29, 0.717) is 17.0 Å². The number of ether oxygens (including phenoxy) is 1. The van der Waals surface area contributed by atoms with Crippen molar-refractivity contribution >= 4 is 49.4 Å². The minimum atomic E-state index is -0.372. The third-order valence-corrected chi connectivity index (χ3v) is 4.52. The molecule has 2 rings (SSSR count). The molecule has 0 bridgehead atoms. The number of para-hydroxylation sites is 1. The van der Waals surface area contributed by atoms with Crippen molar-refractivity contribution in [2.75, 3.05) is 11.9 Å². The Labute approximate surface area is 176 Å². The Morgan fingerprint density at radius 3 is 2.41 bits per heavy atom. The van der Waals surface area contributed by atoms with Crippen LogP contribution in [0.4, 0.5) is 5.69 Å². The fraction of sp³-hybridized carbons (Fsp3) is 0.300. The van der Waals surface area contributed by atoms with Crippen molar-refractivity contribution in [3.05, 3.63) is 56.5 Å². The molecule has 0 radical (unpaired) electrons. The van der Waals surface area contributed by atoms with Gasteiger partial charge in [0.15, 0.2) is 6.61 Å². The lowest BCUT2D eigenvalue weighted by atomic mass is 10.1. The van der Waals surface area contributed by atoms with E-state index in [1.807, 2.05) is 39.8 Å². The van der Waals surface area contributed by atoms with Crippen LogP contribution in [0.15, 0.2) is 45.3 Å². The van der Waals surface area contributed by atoms with Gasteiger partial charge in [-0.1, -0.05) is 28.1 Å². The maximum absolute atomic E-state index is 12.5. The normalized spacial score (nSPS) is 11.0. The summed E-state index contributed by atoms with van der Waals surface area (Å²) in [5.41, 5.74) is 1.37. The monoisotopic (exact) mass is 496 g/mol. The lowest BCUT2D eigenvalue weighted by Crippen LogP contribution is -2.41. The SMILES string of the molecule is Cc1cc(Br)cc(Br)c1OCC(=O)Nc1ccccc1C(=O)NC(C)(C)C. The molecular formula is C20H22Br2N2O3. The average molecular weight is 498 g/mol. The van der Waals surface area contributed by atoms with Crippen LogP contribution in [0.5, 0.6) is 5.75 Å². The Kier molecular flexibility index (Phi) is 7.06. The third kappa shape index (κ3) is 6.36. The Bertz CT molecular complexity index is 838. The van der Waals surface area contributed by atoms with Gasteiger partial charge in [-0.2, -0.15) is 0 Å². The largest absolute Gasteiger partial charge is 0.482 e. The van der Waals surface area contributed by atoms with Crippen LogP contribution in [0, 0.1) is 6.92 Å². The van der Waals surface area contributed by atoms with E-state index in [0.717, 1.165) is 14.5 Å². The summed E-state index contributed by atoms with van der Waals surface area (Å²) in [6.07, 6.45) is 0. The number of anilines is 1. The standard InChI is InChI=1S/C20H22Br2N2O3/c1-12-9-13(21)10-15(22)18(12)27-11-17(25)23-16-8-6-5-7-14(16)19(26)24-20(2,3)4/h5-10H,11H2,1-4H3,(H,23,25)(H,24,26). The third-order valence-electron chi connectivity index (χ3n) is 3.48.